The fraction of sp³-hybridized carbons (Fsp3) is 0.0870. The first-order valence-corrected chi connectivity index (χ1v) is 9.08. The Morgan fingerprint density at radius 1 is 0.897 bits per heavy atom. The maximum atomic E-state index is 11.9. The highest BCUT2D eigenvalue weighted by Gasteiger charge is 2.12. The van der Waals surface area contributed by atoms with Crippen molar-refractivity contribution in [3.63, 3.8) is 0 Å². The SMILES string of the molecule is Cc1ccc(NC(=O)C(=O)N/N=C/c2ccccc2OCc2ccccc2)cc1. The molecule has 0 radical (unpaired) electrons. The molecule has 0 bridgehead atoms. The van der Waals surface area contributed by atoms with Gasteiger partial charge in [-0.3, -0.25) is 9.59 Å². The molecular weight excluding hydrogens is 366 g/mol. The molecular formula is C23H21N3O3. The van der Waals surface area contributed by atoms with E-state index >= 15 is 0 Å². The number of ether oxygens (including phenoxy) is 1. The van der Waals surface area contributed by atoms with Crippen LogP contribution in [0.4, 0.5) is 5.69 Å². The van der Waals surface area contributed by atoms with E-state index in [1.165, 1.54) is 6.21 Å². The smallest absolute Gasteiger partial charge is 0.329 e. The van der Waals surface area contributed by atoms with Crippen LogP contribution in [-0.4, -0.2) is 18.0 Å². The van der Waals surface area contributed by atoms with Crippen LogP contribution in [0.2, 0.25) is 0 Å². The normalized spacial score (nSPS) is 10.5. The van der Waals surface area contributed by atoms with Crippen molar-refractivity contribution in [2.24, 2.45) is 5.10 Å². The fourth-order valence-electron chi connectivity index (χ4n) is 2.49. The summed E-state index contributed by atoms with van der Waals surface area (Å²) in [6.45, 7) is 2.35. The van der Waals surface area contributed by atoms with Gasteiger partial charge in [0.25, 0.3) is 0 Å². The quantitative estimate of drug-likeness (QED) is 0.385. The summed E-state index contributed by atoms with van der Waals surface area (Å²) in [5.74, 6) is -1.03. The van der Waals surface area contributed by atoms with Crippen LogP contribution in [0.25, 0.3) is 0 Å². The van der Waals surface area contributed by atoms with E-state index in [1.54, 1.807) is 12.1 Å². The van der Waals surface area contributed by atoms with Gasteiger partial charge >= 0.3 is 11.8 Å². The van der Waals surface area contributed by atoms with Crippen LogP contribution in [-0.2, 0) is 16.2 Å². The Balaban J connectivity index is 1.56. The molecule has 3 aromatic carbocycles. The molecule has 2 N–H and O–H groups in total. The largest absolute Gasteiger partial charge is 0.488 e. The van der Waals surface area contributed by atoms with Crippen molar-refractivity contribution in [2.75, 3.05) is 5.32 Å². The molecule has 0 heterocycles. The summed E-state index contributed by atoms with van der Waals surface area (Å²) < 4.78 is 5.83. The van der Waals surface area contributed by atoms with Gasteiger partial charge in [0.05, 0.1) is 6.21 Å². The summed E-state index contributed by atoms with van der Waals surface area (Å²) in [7, 11) is 0. The van der Waals surface area contributed by atoms with Gasteiger partial charge in [0.2, 0.25) is 0 Å². The first-order valence-electron chi connectivity index (χ1n) is 9.08. The Hall–Kier alpha value is -3.93. The number of rotatable bonds is 6. The Kier molecular flexibility index (Phi) is 6.73. The Labute approximate surface area is 169 Å². The number of hydrogen-bond acceptors (Lipinski definition) is 4. The minimum atomic E-state index is -0.857. The van der Waals surface area contributed by atoms with Gasteiger partial charge in [0, 0.05) is 11.3 Å². The van der Waals surface area contributed by atoms with E-state index in [0.29, 0.717) is 23.6 Å². The number of benzene rings is 3. The van der Waals surface area contributed by atoms with E-state index in [4.69, 9.17) is 4.74 Å². The number of anilines is 1. The third kappa shape index (κ3) is 6.04. The lowest BCUT2D eigenvalue weighted by atomic mass is 10.2. The van der Waals surface area contributed by atoms with E-state index in [2.05, 4.69) is 15.8 Å². The van der Waals surface area contributed by atoms with Crippen LogP contribution in [0.1, 0.15) is 16.7 Å². The van der Waals surface area contributed by atoms with Gasteiger partial charge in [-0.05, 0) is 36.8 Å². The lowest BCUT2D eigenvalue weighted by molar-refractivity contribution is -0.136. The maximum absolute atomic E-state index is 11.9. The average Bonchev–Trinajstić information content (AvgIpc) is 2.75. The van der Waals surface area contributed by atoms with Gasteiger partial charge in [0.1, 0.15) is 12.4 Å². The predicted molar refractivity (Wildman–Crippen MR) is 113 cm³/mol. The molecule has 0 aliphatic carbocycles. The standard InChI is InChI=1S/C23H21N3O3/c1-17-11-13-20(14-12-17)25-22(27)23(28)26-24-15-19-9-5-6-10-21(19)29-16-18-7-3-2-4-8-18/h2-15H,16H2,1H3,(H,25,27)(H,26,28)/b24-15+. The first kappa shape index (κ1) is 19.8. The first-order chi connectivity index (χ1) is 14.1. The van der Waals surface area contributed by atoms with Gasteiger partial charge in [0.15, 0.2) is 0 Å². The van der Waals surface area contributed by atoms with Crippen LogP contribution in [0.3, 0.4) is 0 Å². The van der Waals surface area contributed by atoms with Crippen molar-refractivity contribution in [1.82, 2.24) is 5.43 Å². The number of nitrogens with one attached hydrogen (secondary N) is 2. The van der Waals surface area contributed by atoms with E-state index in [1.807, 2.05) is 73.7 Å². The van der Waals surface area contributed by atoms with Gasteiger partial charge in [-0.1, -0.05) is 60.2 Å². The Bertz CT molecular complexity index is 999. The highest BCUT2D eigenvalue weighted by atomic mass is 16.5. The van der Waals surface area contributed by atoms with Gasteiger partial charge < -0.3 is 10.1 Å². The monoisotopic (exact) mass is 387 g/mol. The molecule has 0 aliphatic heterocycles. The molecule has 6 heteroatoms. The van der Waals surface area contributed by atoms with Crippen molar-refractivity contribution in [3.8, 4) is 5.75 Å². The second kappa shape index (κ2) is 9.85. The lowest BCUT2D eigenvalue weighted by Crippen LogP contribution is -2.32. The number of hydrazone groups is 1. The Morgan fingerprint density at radius 3 is 2.34 bits per heavy atom. The molecule has 29 heavy (non-hydrogen) atoms. The molecule has 3 aromatic rings. The molecule has 0 spiro atoms. The zero-order chi connectivity index (χ0) is 20.5. The van der Waals surface area contributed by atoms with Crippen LogP contribution < -0.4 is 15.5 Å². The summed E-state index contributed by atoms with van der Waals surface area (Å²) in [5.41, 5.74) is 5.55. The number of aryl methyl sites for hydroxylation is 1. The molecule has 0 atom stereocenters. The average molecular weight is 387 g/mol. The molecule has 3 rings (SSSR count). The third-order valence-corrected chi connectivity index (χ3v) is 4.04. The molecule has 0 unspecified atom stereocenters. The number of para-hydroxylation sites is 1. The Morgan fingerprint density at radius 2 is 1.59 bits per heavy atom. The van der Waals surface area contributed by atoms with Crippen LogP contribution in [0.5, 0.6) is 5.75 Å². The summed E-state index contributed by atoms with van der Waals surface area (Å²) in [4.78, 5) is 23.9. The molecule has 146 valence electrons. The summed E-state index contributed by atoms with van der Waals surface area (Å²) in [6, 6.07) is 24.2. The van der Waals surface area contributed by atoms with E-state index in [9.17, 15) is 9.59 Å². The van der Waals surface area contributed by atoms with Crippen molar-refractivity contribution in [3.05, 3.63) is 95.6 Å². The number of carbonyl (C=O) groups excluding carboxylic acids is 2. The second-order valence-electron chi connectivity index (χ2n) is 6.33. The lowest BCUT2D eigenvalue weighted by Gasteiger charge is -2.09. The number of amides is 2. The highest BCUT2D eigenvalue weighted by Crippen LogP contribution is 2.17. The molecule has 6 nitrogen and oxygen atoms in total. The fourth-order valence-corrected chi connectivity index (χ4v) is 2.49. The molecule has 2 amide bonds. The topological polar surface area (TPSA) is 79.8 Å². The zero-order valence-corrected chi connectivity index (χ0v) is 16.0. The van der Waals surface area contributed by atoms with Crippen molar-refractivity contribution in [1.29, 1.82) is 0 Å². The van der Waals surface area contributed by atoms with Crippen LogP contribution in [0.15, 0.2) is 84.0 Å². The summed E-state index contributed by atoms with van der Waals surface area (Å²) >= 11 is 0. The van der Waals surface area contributed by atoms with E-state index < -0.39 is 11.8 Å². The molecule has 0 aromatic heterocycles. The molecule has 0 aliphatic rings. The van der Waals surface area contributed by atoms with Gasteiger partial charge in [-0.2, -0.15) is 5.10 Å². The number of nitrogens with zero attached hydrogens (tertiary/aromatic N) is 1. The number of hydrogen-bond donors (Lipinski definition) is 2. The van der Waals surface area contributed by atoms with Crippen LogP contribution >= 0.6 is 0 Å². The molecule has 0 fully saturated rings. The minimum Gasteiger partial charge on any atom is -0.488 e. The second-order valence-corrected chi connectivity index (χ2v) is 6.33. The summed E-state index contributed by atoms with van der Waals surface area (Å²) in [6.07, 6.45) is 1.44. The van der Waals surface area contributed by atoms with Gasteiger partial charge in [-0.25, -0.2) is 5.43 Å². The zero-order valence-electron chi connectivity index (χ0n) is 16.0. The van der Waals surface area contributed by atoms with Crippen molar-refractivity contribution < 1.29 is 14.3 Å². The maximum Gasteiger partial charge on any atom is 0.329 e. The minimum absolute atomic E-state index is 0.414. The van der Waals surface area contributed by atoms with E-state index in [-0.39, 0.29) is 0 Å². The van der Waals surface area contributed by atoms with Gasteiger partial charge in [-0.15, -0.1) is 0 Å². The number of carbonyl (C=O) groups is 2. The predicted octanol–water partition coefficient (Wildman–Crippen LogP) is 3.66. The van der Waals surface area contributed by atoms with E-state index in [0.717, 1.165) is 11.1 Å². The highest BCUT2D eigenvalue weighted by molar-refractivity contribution is 6.39. The van der Waals surface area contributed by atoms with Crippen molar-refractivity contribution in [2.45, 2.75) is 13.5 Å². The van der Waals surface area contributed by atoms with Crippen molar-refractivity contribution >= 4 is 23.7 Å². The van der Waals surface area contributed by atoms with Crippen LogP contribution in [0, 0.1) is 6.92 Å². The third-order valence-electron chi connectivity index (χ3n) is 4.04. The molecule has 0 saturated heterocycles. The summed E-state index contributed by atoms with van der Waals surface area (Å²) in [5, 5.41) is 6.39. The molecule has 0 saturated carbocycles.